The van der Waals surface area contributed by atoms with Gasteiger partial charge in [0.15, 0.2) is 24.5 Å². The SMILES string of the molecule is C=C(C)C(=O)OCC(=O)OC[C@H]1O[C@H]2OC(CC)(CC)O[C@@H]2[C@H]2OC(CC)(CC)O[C@H]21. The van der Waals surface area contributed by atoms with Crippen LogP contribution in [0.2, 0.25) is 0 Å². The minimum Gasteiger partial charge on any atom is -0.460 e. The van der Waals surface area contributed by atoms with Crippen molar-refractivity contribution in [1.82, 2.24) is 0 Å². The summed E-state index contributed by atoms with van der Waals surface area (Å²) >= 11 is 0. The molecule has 0 amide bonds. The van der Waals surface area contributed by atoms with Crippen molar-refractivity contribution in [3.8, 4) is 0 Å². The highest BCUT2D eigenvalue weighted by atomic mass is 16.9. The summed E-state index contributed by atoms with van der Waals surface area (Å²) < 4.78 is 41.3. The number of carbonyl (C=O) groups excluding carboxylic acids is 2. The smallest absolute Gasteiger partial charge is 0.344 e. The predicted molar refractivity (Wildman–Crippen MR) is 108 cm³/mol. The lowest BCUT2D eigenvalue weighted by Crippen LogP contribution is -2.56. The van der Waals surface area contributed by atoms with Gasteiger partial charge in [-0.15, -0.1) is 0 Å². The number of rotatable bonds is 9. The number of ether oxygens (including phenoxy) is 7. The maximum Gasteiger partial charge on any atom is 0.344 e. The molecule has 3 aliphatic rings. The van der Waals surface area contributed by atoms with E-state index >= 15 is 0 Å². The van der Waals surface area contributed by atoms with Crippen molar-refractivity contribution in [3.63, 3.8) is 0 Å². The number of hydrogen-bond acceptors (Lipinski definition) is 9. The first-order valence-electron chi connectivity index (χ1n) is 11.1. The first kappa shape index (κ1) is 24.1. The van der Waals surface area contributed by atoms with Crippen LogP contribution in [0.15, 0.2) is 12.2 Å². The van der Waals surface area contributed by atoms with Crippen LogP contribution < -0.4 is 0 Å². The highest BCUT2D eigenvalue weighted by Gasteiger charge is 2.62. The lowest BCUT2D eigenvalue weighted by Gasteiger charge is -2.36. The fourth-order valence-corrected chi connectivity index (χ4v) is 4.15. The molecule has 176 valence electrons. The Morgan fingerprint density at radius 3 is 1.97 bits per heavy atom. The van der Waals surface area contributed by atoms with Gasteiger partial charge in [0.25, 0.3) is 0 Å². The molecule has 0 aromatic rings. The number of carbonyl (C=O) groups is 2. The van der Waals surface area contributed by atoms with E-state index in [1.807, 2.05) is 27.7 Å². The van der Waals surface area contributed by atoms with Gasteiger partial charge in [-0.1, -0.05) is 34.3 Å². The summed E-state index contributed by atoms with van der Waals surface area (Å²) in [5.74, 6) is -2.83. The first-order chi connectivity index (χ1) is 14.7. The third-order valence-corrected chi connectivity index (χ3v) is 6.21. The van der Waals surface area contributed by atoms with E-state index in [2.05, 4.69) is 6.58 Å². The Morgan fingerprint density at radius 2 is 1.39 bits per heavy atom. The molecule has 0 spiro atoms. The van der Waals surface area contributed by atoms with E-state index in [4.69, 9.17) is 33.2 Å². The van der Waals surface area contributed by atoms with Crippen LogP contribution in [0.25, 0.3) is 0 Å². The molecular weight excluding hydrogens is 408 g/mol. The molecule has 0 saturated carbocycles. The predicted octanol–water partition coefficient (Wildman–Crippen LogP) is 2.61. The van der Waals surface area contributed by atoms with Crippen molar-refractivity contribution in [1.29, 1.82) is 0 Å². The second-order valence-corrected chi connectivity index (χ2v) is 8.18. The summed E-state index contributed by atoms with van der Waals surface area (Å²) in [6.45, 7) is 12.4. The zero-order valence-electron chi connectivity index (χ0n) is 19.0. The highest BCUT2D eigenvalue weighted by molar-refractivity contribution is 5.88. The van der Waals surface area contributed by atoms with Crippen molar-refractivity contribution in [2.75, 3.05) is 13.2 Å². The molecule has 0 unspecified atom stereocenters. The van der Waals surface area contributed by atoms with Crippen LogP contribution in [0.4, 0.5) is 0 Å². The van der Waals surface area contributed by atoms with Crippen LogP contribution in [0.1, 0.15) is 60.3 Å². The first-order valence-corrected chi connectivity index (χ1v) is 11.1. The topological polar surface area (TPSA) is 98.8 Å². The number of esters is 2. The average molecular weight is 443 g/mol. The van der Waals surface area contributed by atoms with E-state index in [9.17, 15) is 9.59 Å². The molecule has 0 aliphatic carbocycles. The quantitative estimate of drug-likeness (QED) is 0.394. The van der Waals surface area contributed by atoms with Gasteiger partial charge in [-0.25, -0.2) is 9.59 Å². The lowest BCUT2D eigenvalue weighted by atomic mass is 9.99. The fourth-order valence-electron chi connectivity index (χ4n) is 4.15. The van der Waals surface area contributed by atoms with Crippen LogP contribution in [0, 0.1) is 0 Å². The molecule has 9 heteroatoms. The molecule has 3 saturated heterocycles. The summed E-state index contributed by atoms with van der Waals surface area (Å²) in [5, 5.41) is 0. The van der Waals surface area contributed by atoms with E-state index in [1.165, 1.54) is 6.92 Å². The molecule has 0 N–H and O–H groups in total. The van der Waals surface area contributed by atoms with E-state index in [0.29, 0.717) is 25.7 Å². The highest BCUT2D eigenvalue weighted by Crippen LogP contribution is 2.47. The molecule has 3 heterocycles. The van der Waals surface area contributed by atoms with Crippen LogP contribution in [-0.2, 0) is 42.7 Å². The van der Waals surface area contributed by atoms with Crippen LogP contribution >= 0.6 is 0 Å². The minimum absolute atomic E-state index is 0.0880. The third kappa shape index (κ3) is 4.80. The summed E-state index contributed by atoms with van der Waals surface area (Å²) in [5.41, 5.74) is 0.206. The average Bonchev–Trinajstić information content (AvgIpc) is 3.35. The summed E-state index contributed by atoms with van der Waals surface area (Å²) in [6, 6.07) is 0. The molecule has 9 nitrogen and oxygen atoms in total. The second-order valence-electron chi connectivity index (χ2n) is 8.18. The molecular formula is C22H34O9. The fraction of sp³-hybridized carbons (Fsp3) is 0.818. The van der Waals surface area contributed by atoms with Crippen LogP contribution in [0.5, 0.6) is 0 Å². The second kappa shape index (κ2) is 9.54. The summed E-state index contributed by atoms with van der Waals surface area (Å²) in [4.78, 5) is 23.5. The van der Waals surface area contributed by atoms with E-state index in [-0.39, 0.29) is 12.2 Å². The van der Waals surface area contributed by atoms with Crippen molar-refractivity contribution >= 4 is 11.9 Å². The Hall–Kier alpha value is -1.52. The Kier molecular flexibility index (Phi) is 7.43. The molecule has 3 rings (SSSR count). The summed E-state index contributed by atoms with van der Waals surface area (Å²) in [7, 11) is 0. The van der Waals surface area contributed by atoms with Crippen LogP contribution in [-0.4, -0.2) is 67.4 Å². The van der Waals surface area contributed by atoms with E-state index in [1.54, 1.807) is 0 Å². The van der Waals surface area contributed by atoms with Gasteiger partial charge in [0.1, 0.15) is 31.0 Å². The molecule has 0 aromatic heterocycles. The molecule has 3 fully saturated rings. The molecule has 0 aromatic carbocycles. The lowest BCUT2D eigenvalue weighted by molar-refractivity contribution is -0.250. The Balaban J connectivity index is 1.70. The Bertz CT molecular complexity index is 682. The van der Waals surface area contributed by atoms with Crippen molar-refractivity contribution in [2.24, 2.45) is 0 Å². The zero-order chi connectivity index (χ0) is 22.8. The van der Waals surface area contributed by atoms with E-state index < -0.39 is 60.8 Å². The largest absolute Gasteiger partial charge is 0.460 e. The molecule has 0 radical (unpaired) electrons. The van der Waals surface area contributed by atoms with Crippen molar-refractivity contribution in [2.45, 2.75) is 103 Å². The molecule has 0 bridgehead atoms. The monoisotopic (exact) mass is 442 g/mol. The standard InChI is InChI=1S/C22H34O9/c1-7-21(8-2)28-16-14(11-25-15(23)12-26-19(24)13(5)6)27-20-18(17(16)29-21)30-22(9-3,10-4)31-20/h14,16-18,20H,5,7-12H2,1-4,6H3/t14-,16+,17+,18-,20+/m1/s1. The van der Waals surface area contributed by atoms with Gasteiger partial charge >= 0.3 is 11.9 Å². The van der Waals surface area contributed by atoms with Crippen molar-refractivity contribution < 1.29 is 42.7 Å². The molecule has 5 atom stereocenters. The van der Waals surface area contributed by atoms with Gasteiger partial charge < -0.3 is 33.2 Å². The van der Waals surface area contributed by atoms with E-state index in [0.717, 1.165) is 0 Å². The Labute approximate surface area is 183 Å². The van der Waals surface area contributed by atoms with Gasteiger partial charge in [0.05, 0.1) is 0 Å². The zero-order valence-corrected chi connectivity index (χ0v) is 19.0. The van der Waals surface area contributed by atoms with Crippen molar-refractivity contribution in [3.05, 3.63) is 12.2 Å². The normalized spacial score (nSPS) is 32.7. The van der Waals surface area contributed by atoms with Gasteiger partial charge in [0.2, 0.25) is 0 Å². The van der Waals surface area contributed by atoms with Gasteiger partial charge in [-0.05, 0) is 32.6 Å². The van der Waals surface area contributed by atoms with Gasteiger partial charge in [-0.2, -0.15) is 0 Å². The van der Waals surface area contributed by atoms with Crippen LogP contribution in [0.3, 0.4) is 0 Å². The van der Waals surface area contributed by atoms with Gasteiger partial charge in [0, 0.05) is 5.57 Å². The molecule has 31 heavy (non-hydrogen) atoms. The maximum atomic E-state index is 12.1. The third-order valence-electron chi connectivity index (χ3n) is 6.21. The molecule has 3 aliphatic heterocycles. The number of fused-ring (bicyclic) bond motifs is 3. The van der Waals surface area contributed by atoms with Gasteiger partial charge in [-0.3, -0.25) is 0 Å². The maximum absolute atomic E-state index is 12.1. The minimum atomic E-state index is -0.750. The summed E-state index contributed by atoms with van der Waals surface area (Å²) in [6.07, 6.45) is 0.0449. The Morgan fingerprint density at radius 1 is 0.839 bits per heavy atom. The number of hydrogen-bond donors (Lipinski definition) is 0.